The summed E-state index contributed by atoms with van der Waals surface area (Å²) in [5.74, 6) is 0.365. The van der Waals surface area contributed by atoms with Crippen LogP contribution in [0, 0.1) is 0 Å². The van der Waals surface area contributed by atoms with E-state index in [0.717, 1.165) is 32.4 Å². The maximum absolute atomic E-state index is 11.2. The molecule has 0 N–H and O–H groups in total. The Morgan fingerprint density at radius 1 is 1.45 bits per heavy atom. The maximum atomic E-state index is 11.2. The van der Waals surface area contributed by atoms with Gasteiger partial charge in [0.05, 0.1) is 0 Å². The van der Waals surface area contributed by atoms with Crippen LogP contribution in [0.2, 0.25) is 0 Å². The van der Waals surface area contributed by atoms with Crippen molar-refractivity contribution in [1.82, 2.24) is 4.90 Å². The second-order valence-electron chi connectivity index (χ2n) is 3.19. The smallest absolute Gasteiger partial charge is 0.222 e. The van der Waals surface area contributed by atoms with E-state index in [4.69, 9.17) is 0 Å². The van der Waals surface area contributed by atoms with Crippen molar-refractivity contribution in [2.45, 2.75) is 39.0 Å². The maximum Gasteiger partial charge on any atom is 0.222 e. The third kappa shape index (κ3) is 2.52. The van der Waals surface area contributed by atoms with E-state index in [9.17, 15) is 4.79 Å². The van der Waals surface area contributed by atoms with Crippen molar-refractivity contribution in [1.29, 1.82) is 0 Å². The largest absolute Gasteiger partial charge is 0.343 e. The highest BCUT2D eigenvalue weighted by atomic mass is 16.2. The molecule has 0 aromatic rings. The van der Waals surface area contributed by atoms with E-state index in [1.807, 2.05) is 4.90 Å². The number of amides is 1. The number of likely N-dealkylation sites (tertiary alicyclic amines) is 1. The second kappa shape index (κ2) is 4.37. The van der Waals surface area contributed by atoms with Crippen LogP contribution in [0.25, 0.3) is 0 Å². The summed E-state index contributed by atoms with van der Waals surface area (Å²) < 4.78 is 0. The minimum absolute atomic E-state index is 0.365. The number of unbranched alkanes of at least 4 members (excludes halogenated alkanes) is 1. The van der Waals surface area contributed by atoms with E-state index in [1.165, 1.54) is 12.8 Å². The van der Waals surface area contributed by atoms with Crippen molar-refractivity contribution in [3.8, 4) is 0 Å². The molecule has 64 valence electrons. The van der Waals surface area contributed by atoms with Crippen molar-refractivity contribution in [3.05, 3.63) is 0 Å². The fourth-order valence-electron chi connectivity index (χ4n) is 1.45. The zero-order chi connectivity index (χ0) is 8.10. The number of hydrogen-bond acceptors (Lipinski definition) is 1. The topological polar surface area (TPSA) is 20.3 Å². The van der Waals surface area contributed by atoms with Crippen molar-refractivity contribution < 1.29 is 4.79 Å². The first-order chi connectivity index (χ1) is 5.34. The van der Waals surface area contributed by atoms with Crippen molar-refractivity contribution in [2.24, 2.45) is 0 Å². The molecule has 0 unspecified atom stereocenters. The average molecular weight is 155 g/mol. The Balaban J connectivity index is 2.24. The van der Waals surface area contributed by atoms with Crippen molar-refractivity contribution in [2.75, 3.05) is 13.1 Å². The van der Waals surface area contributed by atoms with Crippen molar-refractivity contribution in [3.63, 3.8) is 0 Å². The van der Waals surface area contributed by atoms with Gasteiger partial charge in [-0.3, -0.25) is 4.79 Å². The van der Waals surface area contributed by atoms with Crippen LogP contribution in [0.1, 0.15) is 39.0 Å². The van der Waals surface area contributed by atoms with Gasteiger partial charge in [0, 0.05) is 19.5 Å². The fourth-order valence-corrected chi connectivity index (χ4v) is 1.45. The normalized spacial score (nSPS) is 19.0. The fraction of sp³-hybridized carbons (Fsp3) is 0.889. The number of carbonyl (C=O) groups is 1. The monoisotopic (exact) mass is 155 g/mol. The van der Waals surface area contributed by atoms with Gasteiger partial charge in [-0.25, -0.2) is 0 Å². The SMILES string of the molecule is CCCCN1CCCCC1=O. The molecule has 1 aliphatic rings. The lowest BCUT2D eigenvalue weighted by Gasteiger charge is -2.26. The first-order valence-corrected chi connectivity index (χ1v) is 4.62. The Kier molecular flexibility index (Phi) is 3.40. The van der Waals surface area contributed by atoms with Gasteiger partial charge in [-0.2, -0.15) is 0 Å². The Labute approximate surface area is 68.6 Å². The van der Waals surface area contributed by atoms with E-state index >= 15 is 0 Å². The summed E-state index contributed by atoms with van der Waals surface area (Å²) in [6.07, 6.45) is 5.43. The van der Waals surface area contributed by atoms with E-state index in [-0.39, 0.29) is 0 Å². The average Bonchev–Trinajstić information content (AvgIpc) is 2.03. The van der Waals surface area contributed by atoms with Crippen LogP contribution in [-0.2, 0) is 4.79 Å². The highest BCUT2D eigenvalue weighted by Gasteiger charge is 2.16. The molecule has 0 radical (unpaired) electrons. The second-order valence-corrected chi connectivity index (χ2v) is 3.19. The minimum Gasteiger partial charge on any atom is -0.343 e. The van der Waals surface area contributed by atoms with Gasteiger partial charge in [-0.15, -0.1) is 0 Å². The predicted molar refractivity (Wildman–Crippen MR) is 45.3 cm³/mol. The zero-order valence-corrected chi connectivity index (χ0v) is 7.31. The Morgan fingerprint density at radius 3 is 2.91 bits per heavy atom. The van der Waals surface area contributed by atoms with Crippen LogP contribution in [0.3, 0.4) is 0 Å². The third-order valence-corrected chi connectivity index (χ3v) is 2.20. The molecule has 0 aliphatic carbocycles. The van der Waals surface area contributed by atoms with Crippen molar-refractivity contribution >= 4 is 5.91 Å². The summed E-state index contributed by atoms with van der Waals surface area (Å²) in [4.78, 5) is 13.2. The van der Waals surface area contributed by atoms with Gasteiger partial charge in [-0.05, 0) is 19.3 Å². The molecule has 1 heterocycles. The molecule has 1 saturated heterocycles. The Bertz CT molecular complexity index is 134. The summed E-state index contributed by atoms with van der Waals surface area (Å²) in [6, 6.07) is 0. The quantitative estimate of drug-likeness (QED) is 0.608. The number of hydrogen-bond donors (Lipinski definition) is 0. The van der Waals surface area contributed by atoms with Crippen LogP contribution >= 0.6 is 0 Å². The highest BCUT2D eigenvalue weighted by molar-refractivity contribution is 5.76. The molecular weight excluding hydrogens is 138 g/mol. The van der Waals surface area contributed by atoms with Crippen LogP contribution in [-0.4, -0.2) is 23.9 Å². The predicted octanol–water partition coefficient (Wildman–Crippen LogP) is 1.80. The molecule has 0 bridgehead atoms. The molecule has 1 fully saturated rings. The van der Waals surface area contributed by atoms with E-state index in [2.05, 4.69) is 6.92 Å². The number of carbonyl (C=O) groups excluding carboxylic acids is 1. The standard InChI is InChI=1S/C9H17NO/c1-2-3-7-10-8-5-4-6-9(10)11/h2-8H2,1H3. The Hall–Kier alpha value is -0.530. The molecule has 2 heteroatoms. The number of piperidine rings is 1. The summed E-state index contributed by atoms with van der Waals surface area (Å²) in [7, 11) is 0. The molecule has 0 aromatic heterocycles. The minimum atomic E-state index is 0.365. The van der Waals surface area contributed by atoms with Crippen LogP contribution in [0.5, 0.6) is 0 Å². The third-order valence-electron chi connectivity index (χ3n) is 2.20. The molecule has 0 aromatic carbocycles. The molecule has 1 aliphatic heterocycles. The lowest BCUT2D eigenvalue weighted by molar-refractivity contribution is -0.133. The molecular formula is C9H17NO. The van der Waals surface area contributed by atoms with Gasteiger partial charge in [-0.1, -0.05) is 13.3 Å². The van der Waals surface area contributed by atoms with Crippen LogP contribution < -0.4 is 0 Å². The van der Waals surface area contributed by atoms with Gasteiger partial charge in [0.15, 0.2) is 0 Å². The van der Waals surface area contributed by atoms with Gasteiger partial charge >= 0.3 is 0 Å². The first kappa shape index (κ1) is 8.57. The summed E-state index contributed by atoms with van der Waals surface area (Å²) in [5, 5.41) is 0. The van der Waals surface area contributed by atoms with Gasteiger partial charge in [0.1, 0.15) is 0 Å². The van der Waals surface area contributed by atoms with E-state index < -0.39 is 0 Å². The van der Waals surface area contributed by atoms with Gasteiger partial charge < -0.3 is 4.90 Å². The van der Waals surface area contributed by atoms with E-state index in [0.29, 0.717) is 5.91 Å². The first-order valence-electron chi connectivity index (χ1n) is 4.62. The van der Waals surface area contributed by atoms with Crippen LogP contribution in [0.4, 0.5) is 0 Å². The number of rotatable bonds is 3. The Morgan fingerprint density at radius 2 is 2.27 bits per heavy atom. The lowest BCUT2D eigenvalue weighted by Crippen LogP contribution is -2.35. The summed E-state index contributed by atoms with van der Waals surface area (Å²) >= 11 is 0. The molecule has 1 rings (SSSR count). The lowest BCUT2D eigenvalue weighted by atomic mass is 10.1. The van der Waals surface area contributed by atoms with Crippen LogP contribution in [0.15, 0.2) is 0 Å². The van der Waals surface area contributed by atoms with Gasteiger partial charge in [0.25, 0.3) is 0 Å². The molecule has 0 saturated carbocycles. The molecule has 2 nitrogen and oxygen atoms in total. The van der Waals surface area contributed by atoms with E-state index in [1.54, 1.807) is 0 Å². The molecule has 0 spiro atoms. The summed E-state index contributed by atoms with van der Waals surface area (Å²) in [5.41, 5.74) is 0. The zero-order valence-electron chi connectivity index (χ0n) is 7.31. The molecule has 11 heavy (non-hydrogen) atoms. The summed E-state index contributed by atoms with van der Waals surface area (Å²) in [6.45, 7) is 4.14. The molecule has 0 atom stereocenters. The molecule has 1 amide bonds. The number of nitrogens with zero attached hydrogens (tertiary/aromatic N) is 1. The van der Waals surface area contributed by atoms with Gasteiger partial charge in [0.2, 0.25) is 5.91 Å². The highest BCUT2D eigenvalue weighted by Crippen LogP contribution is 2.10.